The molecule has 1 aromatic carbocycles. The van der Waals surface area contributed by atoms with Crippen LogP contribution in [0.3, 0.4) is 0 Å². The lowest BCUT2D eigenvalue weighted by molar-refractivity contribution is -0.138. The number of H-pyrrole nitrogens is 1. The van der Waals surface area contributed by atoms with Crippen LogP contribution in [0.1, 0.15) is 18.9 Å². The third-order valence-corrected chi connectivity index (χ3v) is 3.47. The molecular weight excluding hydrogens is 320 g/mol. The molecule has 0 saturated carbocycles. The summed E-state index contributed by atoms with van der Waals surface area (Å²) in [4.78, 5) is 13.7. The van der Waals surface area contributed by atoms with Gasteiger partial charge in [0.2, 0.25) is 0 Å². The highest BCUT2D eigenvalue weighted by atomic mass is 32.2. The number of carbonyl (C=O) groups is 1. The first kappa shape index (κ1) is 18.9. The lowest BCUT2D eigenvalue weighted by Crippen LogP contribution is -2.32. The van der Waals surface area contributed by atoms with Gasteiger partial charge in [-0.3, -0.25) is 9.35 Å². The number of hydrogen-bond acceptors (Lipinski definition) is 4. The zero-order valence-corrected chi connectivity index (χ0v) is 13.5. The molecular formula is C15H20N2O5S. The third kappa shape index (κ3) is 6.64. The van der Waals surface area contributed by atoms with Gasteiger partial charge in [-0.2, -0.15) is 8.42 Å². The number of aliphatic carboxylic acids is 1. The predicted molar refractivity (Wildman–Crippen MR) is 88.6 cm³/mol. The summed E-state index contributed by atoms with van der Waals surface area (Å²) in [5, 5.41) is 10.5. The van der Waals surface area contributed by atoms with E-state index in [1.807, 2.05) is 30.5 Å². The van der Waals surface area contributed by atoms with E-state index in [0.29, 0.717) is 12.8 Å². The molecule has 2 rings (SSSR count). The summed E-state index contributed by atoms with van der Waals surface area (Å²) in [7, 11) is -3.87. The molecule has 0 aliphatic carbocycles. The van der Waals surface area contributed by atoms with Crippen LogP contribution in [0.15, 0.2) is 41.9 Å². The first-order chi connectivity index (χ1) is 10.7. The van der Waals surface area contributed by atoms with Crippen molar-refractivity contribution in [3.05, 3.63) is 47.5 Å². The summed E-state index contributed by atoms with van der Waals surface area (Å²) in [6.45, 7) is 1.78. The molecule has 23 heavy (non-hydrogen) atoms. The van der Waals surface area contributed by atoms with Gasteiger partial charge < -0.3 is 15.8 Å². The first-order valence-corrected chi connectivity index (χ1v) is 8.42. The topological polar surface area (TPSA) is 133 Å². The van der Waals surface area contributed by atoms with Crippen molar-refractivity contribution in [2.45, 2.75) is 25.8 Å². The Hall–Kier alpha value is -2.16. The average Bonchev–Trinajstić information content (AvgIpc) is 2.88. The maximum atomic E-state index is 10.6. The van der Waals surface area contributed by atoms with E-state index in [0.717, 1.165) is 21.9 Å². The van der Waals surface area contributed by atoms with Crippen molar-refractivity contribution in [2.75, 3.05) is 0 Å². The molecule has 1 heterocycles. The van der Waals surface area contributed by atoms with Crippen molar-refractivity contribution in [1.82, 2.24) is 4.98 Å². The van der Waals surface area contributed by atoms with Crippen molar-refractivity contribution in [3.63, 3.8) is 0 Å². The minimum absolute atomic E-state index is 0.347. The number of allylic oxidation sites excluding steroid dienone is 1. The van der Waals surface area contributed by atoms with Crippen LogP contribution in [0, 0.1) is 0 Å². The number of benzene rings is 1. The number of aromatic nitrogens is 1. The van der Waals surface area contributed by atoms with E-state index in [9.17, 15) is 13.2 Å². The molecule has 0 bridgehead atoms. The zero-order chi connectivity index (χ0) is 17.5. The maximum Gasteiger partial charge on any atom is 0.320 e. The summed E-state index contributed by atoms with van der Waals surface area (Å²) >= 11 is 0. The fraction of sp³-hybridized carbons (Fsp3) is 0.267. The van der Waals surface area contributed by atoms with Gasteiger partial charge in [0, 0.05) is 23.5 Å². The summed E-state index contributed by atoms with van der Waals surface area (Å²) in [6, 6.07) is 6.91. The number of fused-ring (bicyclic) bond motifs is 1. The quantitative estimate of drug-likeness (QED) is 0.614. The predicted octanol–water partition coefficient (Wildman–Crippen LogP) is 1.92. The number of hydrogen-bond donors (Lipinski definition) is 4. The molecule has 1 atom stereocenters. The molecule has 1 unspecified atom stereocenters. The van der Waals surface area contributed by atoms with E-state index in [1.54, 1.807) is 6.92 Å². The standard InChI is InChI=1S/C11H12N2O2.C4H8O3S/c12-9(11(14)15)5-7-6-13-10-4-2-1-3-8(7)10;1-2-3-4-8(5,6)7/h1-4,6,9,13H,5,12H2,(H,14,15);3-4H,2H2,1H3,(H,5,6,7). The maximum absolute atomic E-state index is 10.6. The lowest BCUT2D eigenvalue weighted by Gasteiger charge is -2.04. The van der Waals surface area contributed by atoms with Crippen molar-refractivity contribution in [3.8, 4) is 0 Å². The van der Waals surface area contributed by atoms with Gasteiger partial charge in [-0.1, -0.05) is 31.2 Å². The molecule has 126 valence electrons. The Balaban J connectivity index is 0.000000284. The minimum Gasteiger partial charge on any atom is -0.480 e. The van der Waals surface area contributed by atoms with E-state index in [1.165, 1.54) is 6.08 Å². The molecule has 0 aliphatic rings. The van der Waals surface area contributed by atoms with Gasteiger partial charge in [-0.05, 0) is 18.1 Å². The summed E-state index contributed by atoms with van der Waals surface area (Å²) in [5.74, 6) is -0.972. The molecule has 5 N–H and O–H groups in total. The lowest BCUT2D eigenvalue weighted by atomic mass is 10.1. The van der Waals surface area contributed by atoms with Crippen LogP contribution in [0.5, 0.6) is 0 Å². The van der Waals surface area contributed by atoms with E-state index >= 15 is 0 Å². The van der Waals surface area contributed by atoms with Gasteiger partial charge in [0.05, 0.1) is 5.41 Å². The van der Waals surface area contributed by atoms with E-state index in [2.05, 4.69) is 4.98 Å². The van der Waals surface area contributed by atoms with Crippen molar-refractivity contribution in [1.29, 1.82) is 0 Å². The Morgan fingerprint density at radius 3 is 2.57 bits per heavy atom. The molecule has 0 radical (unpaired) electrons. The van der Waals surface area contributed by atoms with Crippen molar-refractivity contribution >= 4 is 27.0 Å². The van der Waals surface area contributed by atoms with Crippen LogP contribution in [-0.2, 0) is 21.3 Å². The number of carboxylic acid groups (broad SMARTS) is 1. The smallest absolute Gasteiger partial charge is 0.320 e. The normalized spacial score (nSPS) is 12.8. The monoisotopic (exact) mass is 340 g/mol. The highest BCUT2D eigenvalue weighted by Crippen LogP contribution is 2.18. The molecule has 0 spiro atoms. The molecule has 0 amide bonds. The summed E-state index contributed by atoms with van der Waals surface area (Å²) < 4.78 is 27.8. The van der Waals surface area contributed by atoms with E-state index < -0.39 is 22.1 Å². The van der Waals surface area contributed by atoms with Gasteiger partial charge in [0.25, 0.3) is 10.1 Å². The van der Waals surface area contributed by atoms with E-state index in [4.69, 9.17) is 15.4 Å². The molecule has 7 nitrogen and oxygen atoms in total. The highest BCUT2D eigenvalue weighted by molar-refractivity contribution is 7.88. The highest BCUT2D eigenvalue weighted by Gasteiger charge is 2.14. The second-order valence-corrected chi connectivity index (χ2v) is 6.11. The fourth-order valence-corrected chi connectivity index (χ4v) is 2.28. The van der Waals surface area contributed by atoms with Crippen LogP contribution in [0.4, 0.5) is 0 Å². The minimum atomic E-state index is -3.87. The van der Waals surface area contributed by atoms with Gasteiger partial charge in [-0.15, -0.1) is 0 Å². The van der Waals surface area contributed by atoms with Gasteiger partial charge in [-0.25, -0.2) is 0 Å². The second-order valence-electron chi connectivity index (χ2n) is 4.80. The molecule has 0 saturated heterocycles. The Bertz CT molecular complexity index is 780. The van der Waals surface area contributed by atoms with Gasteiger partial charge in [0.15, 0.2) is 0 Å². The van der Waals surface area contributed by atoms with Crippen molar-refractivity contribution in [2.24, 2.45) is 5.73 Å². The molecule has 0 aliphatic heterocycles. The molecule has 8 heteroatoms. The Kier molecular flexibility index (Phi) is 6.95. The molecule has 2 aromatic rings. The number of carboxylic acids is 1. The second kappa shape index (κ2) is 8.47. The number of nitrogens with two attached hydrogens (primary N) is 1. The number of rotatable bonds is 5. The van der Waals surface area contributed by atoms with E-state index in [-0.39, 0.29) is 0 Å². The number of nitrogens with one attached hydrogen (secondary N) is 1. The Labute approximate surface area is 134 Å². The summed E-state index contributed by atoms with van der Waals surface area (Å²) in [6.07, 6.45) is 4.14. The average molecular weight is 340 g/mol. The first-order valence-electron chi connectivity index (χ1n) is 6.92. The van der Waals surface area contributed by atoms with Crippen LogP contribution < -0.4 is 5.73 Å². The molecule has 1 aromatic heterocycles. The third-order valence-electron chi connectivity index (χ3n) is 2.94. The largest absolute Gasteiger partial charge is 0.480 e. The summed E-state index contributed by atoms with van der Waals surface area (Å²) in [5.41, 5.74) is 7.43. The Morgan fingerprint density at radius 2 is 2.04 bits per heavy atom. The van der Waals surface area contributed by atoms with Crippen LogP contribution in [0.2, 0.25) is 0 Å². The van der Waals surface area contributed by atoms with Gasteiger partial charge in [0.1, 0.15) is 6.04 Å². The fourth-order valence-electron chi connectivity index (χ4n) is 1.84. The van der Waals surface area contributed by atoms with Crippen LogP contribution in [0.25, 0.3) is 10.9 Å². The molecule has 0 fully saturated rings. The van der Waals surface area contributed by atoms with Gasteiger partial charge >= 0.3 is 5.97 Å². The number of para-hydroxylation sites is 1. The van der Waals surface area contributed by atoms with Crippen molar-refractivity contribution < 1.29 is 22.9 Å². The van der Waals surface area contributed by atoms with Crippen LogP contribution >= 0.6 is 0 Å². The number of aromatic amines is 1. The van der Waals surface area contributed by atoms with Crippen LogP contribution in [-0.4, -0.2) is 35.1 Å². The zero-order valence-electron chi connectivity index (χ0n) is 12.6. The Morgan fingerprint density at radius 1 is 1.39 bits per heavy atom. The SMILES string of the molecule is CCC=CS(=O)(=O)O.NC(Cc1c[nH]c2ccccc12)C(=O)O.